The first-order valence-electron chi connectivity index (χ1n) is 12.6. The van der Waals surface area contributed by atoms with Crippen molar-refractivity contribution in [3.8, 4) is 17.2 Å². The standard InChI is InChI=1S/C29H30BrClN2O6S/c1-14(2)38-26-20(31)10-17(11-22(26)37-7)12-23-27(34)33-25(19-13-18(30)8-9-21(19)36-6)24(28(35)39-15(3)4)16(5)32-29(33)40-23/h8-15,25H,1-7H3/b23-12-/t25-/m1/s1. The lowest BCUT2D eigenvalue weighted by atomic mass is 9.95. The molecule has 0 amide bonds. The fourth-order valence-corrected chi connectivity index (χ4v) is 6.09. The Kier molecular flexibility index (Phi) is 9.12. The van der Waals surface area contributed by atoms with Crippen LogP contribution in [0, 0.1) is 0 Å². The molecule has 11 heteroatoms. The van der Waals surface area contributed by atoms with E-state index in [2.05, 4.69) is 20.9 Å². The summed E-state index contributed by atoms with van der Waals surface area (Å²) in [5.41, 5.74) is 1.68. The van der Waals surface area contributed by atoms with E-state index in [4.69, 9.17) is 30.5 Å². The van der Waals surface area contributed by atoms with Gasteiger partial charge in [0, 0.05) is 10.0 Å². The Balaban J connectivity index is 1.96. The maximum Gasteiger partial charge on any atom is 0.338 e. The van der Waals surface area contributed by atoms with Gasteiger partial charge in [-0.2, -0.15) is 0 Å². The number of nitrogens with zero attached hydrogens (tertiary/aromatic N) is 2. The Morgan fingerprint density at radius 2 is 1.80 bits per heavy atom. The van der Waals surface area contributed by atoms with Crippen LogP contribution in [0.2, 0.25) is 5.02 Å². The van der Waals surface area contributed by atoms with Gasteiger partial charge in [-0.3, -0.25) is 9.36 Å². The molecule has 1 aromatic heterocycles. The van der Waals surface area contributed by atoms with Crippen LogP contribution < -0.4 is 29.1 Å². The van der Waals surface area contributed by atoms with Crippen LogP contribution in [0.3, 0.4) is 0 Å². The molecule has 4 rings (SSSR count). The summed E-state index contributed by atoms with van der Waals surface area (Å²) in [6, 6.07) is 8.10. The monoisotopic (exact) mass is 648 g/mol. The van der Waals surface area contributed by atoms with Crippen LogP contribution >= 0.6 is 38.9 Å². The predicted octanol–water partition coefficient (Wildman–Crippen LogP) is 5.41. The van der Waals surface area contributed by atoms with E-state index >= 15 is 0 Å². The molecule has 0 aliphatic carbocycles. The molecule has 8 nitrogen and oxygen atoms in total. The molecule has 0 saturated heterocycles. The van der Waals surface area contributed by atoms with E-state index in [1.807, 2.05) is 26.0 Å². The number of ether oxygens (including phenoxy) is 4. The van der Waals surface area contributed by atoms with E-state index in [0.717, 1.165) is 4.47 Å². The van der Waals surface area contributed by atoms with E-state index in [1.54, 1.807) is 52.2 Å². The Labute approximate surface area is 249 Å². The number of esters is 1. The van der Waals surface area contributed by atoms with E-state index in [-0.39, 0.29) is 23.3 Å². The molecule has 0 fully saturated rings. The molecule has 0 saturated carbocycles. The Bertz CT molecular complexity index is 1670. The third kappa shape index (κ3) is 5.99. The molecule has 2 heterocycles. The van der Waals surface area contributed by atoms with Gasteiger partial charge in [-0.25, -0.2) is 9.79 Å². The lowest BCUT2D eigenvalue weighted by molar-refractivity contribution is -0.143. The van der Waals surface area contributed by atoms with Gasteiger partial charge in [0.2, 0.25) is 0 Å². The lowest BCUT2D eigenvalue weighted by Crippen LogP contribution is -2.40. The summed E-state index contributed by atoms with van der Waals surface area (Å²) in [6.07, 6.45) is 1.26. The van der Waals surface area contributed by atoms with Crippen LogP contribution in [0.5, 0.6) is 17.2 Å². The van der Waals surface area contributed by atoms with Crippen molar-refractivity contribution in [3.05, 3.63) is 81.9 Å². The Morgan fingerprint density at radius 1 is 1.10 bits per heavy atom. The molecule has 3 aromatic rings. The second kappa shape index (κ2) is 12.2. The molecule has 1 aliphatic heterocycles. The van der Waals surface area contributed by atoms with Gasteiger partial charge < -0.3 is 18.9 Å². The van der Waals surface area contributed by atoms with Crippen molar-refractivity contribution in [3.63, 3.8) is 0 Å². The zero-order valence-corrected chi connectivity index (χ0v) is 26.4. The van der Waals surface area contributed by atoms with E-state index in [0.29, 0.717) is 48.4 Å². The van der Waals surface area contributed by atoms with Gasteiger partial charge in [0.05, 0.1) is 47.3 Å². The number of thiazole rings is 1. The minimum atomic E-state index is -0.822. The zero-order chi connectivity index (χ0) is 29.3. The number of halogens is 2. The molecular weight excluding hydrogens is 620 g/mol. The molecule has 0 bridgehead atoms. The maximum atomic E-state index is 14.0. The van der Waals surface area contributed by atoms with Crippen molar-refractivity contribution < 1.29 is 23.7 Å². The molecule has 0 N–H and O–H groups in total. The number of fused-ring (bicyclic) bond motifs is 1. The van der Waals surface area contributed by atoms with Crippen molar-refractivity contribution in [1.29, 1.82) is 0 Å². The highest BCUT2D eigenvalue weighted by molar-refractivity contribution is 9.10. The minimum Gasteiger partial charge on any atom is -0.496 e. The molecule has 0 radical (unpaired) electrons. The van der Waals surface area contributed by atoms with E-state index in [9.17, 15) is 9.59 Å². The van der Waals surface area contributed by atoms with Gasteiger partial charge >= 0.3 is 5.97 Å². The van der Waals surface area contributed by atoms with Crippen molar-refractivity contribution in [2.45, 2.75) is 52.9 Å². The third-order valence-electron chi connectivity index (χ3n) is 5.97. The maximum absolute atomic E-state index is 14.0. The third-order valence-corrected chi connectivity index (χ3v) is 7.73. The van der Waals surface area contributed by atoms with Crippen LogP contribution in [0.1, 0.15) is 51.8 Å². The molecule has 0 spiro atoms. The normalized spacial score (nSPS) is 15.3. The number of benzene rings is 2. The number of allylic oxidation sites excluding steroid dienone is 1. The zero-order valence-electron chi connectivity index (χ0n) is 23.2. The highest BCUT2D eigenvalue weighted by Gasteiger charge is 2.35. The number of rotatable bonds is 8. The van der Waals surface area contributed by atoms with Gasteiger partial charge in [-0.05, 0) is 76.6 Å². The summed E-state index contributed by atoms with van der Waals surface area (Å²) in [5, 5.41) is 0.360. The second-order valence-corrected chi connectivity index (χ2v) is 12.0. The SMILES string of the molecule is COc1ccc(Br)cc1[C@@H]1C(C(=O)OC(C)C)=C(C)N=c2s/c(=C\c3cc(Cl)c(OC(C)C)c(OC)c3)c(=O)n21. The number of hydrogen-bond donors (Lipinski definition) is 0. The molecule has 212 valence electrons. The van der Waals surface area contributed by atoms with Gasteiger partial charge in [-0.15, -0.1) is 0 Å². The fourth-order valence-electron chi connectivity index (χ4n) is 4.40. The van der Waals surface area contributed by atoms with Crippen LogP contribution in [0.25, 0.3) is 6.08 Å². The van der Waals surface area contributed by atoms with Crippen LogP contribution in [0.15, 0.2) is 55.9 Å². The summed E-state index contributed by atoms with van der Waals surface area (Å²) in [6.45, 7) is 9.08. The van der Waals surface area contributed by atoms with Crippen molar-refractivity contribution in [2.24, 2.45) is 4.99 Å². The van der Waals surface area contributed by atoms with E-state index in [1.165, 1.54) is 23.0 Å². The lowest BCUT2D eigenvalue weighted by Gasteiger charge is -2.26. The topological polar surface area (TPSA) is 88.4 Å². The smallest absolute Gasteiger partial charge is 0.338 e. The summed E-state index contributed by atoms with van der Waals surface area (Å²) < 4.78 is 25.2. The van der Waals surface area contributed by atoms with Gasteiger partial charge in [0.1, 0.15) is 11.8 Å². The van der Waals surface area contributed by atoms with Crippen LogP contribution in [0.4, 0.5) is 0 Å². The summed E-state index contributed by atoms with van der Waals surface area (Å²) in [5.74, 6) is 0.856. The van der Waals surface area contributed by atoms with Crippen LogP contribution in [-0.2, 0) is 9.53 Å². The first-order chi connectivity index (χ1) is 18.9. The van der Waals surface area contributed by atoms with E-state index < -0.39 is 12.0 Å². The molecule has 2 aromatic carbocycles. The number of carbonyl (C=O) groups is 1. The molecule has 1 aliphatic rings. The second-order valence-electron chi connectivity index (χ2n) is 9.62. The summed E-state index contributed by atoms with van der Waals surface area (Å²) in [4.78, 5) is 32.5. The predicted molar refractivity (Wildman–Crippen MR) is 159 cm³/mol. The number of methoxy groups -OCH3 is 2. The molecular formula is C29H30BrClN2O6S. The number of carbonyl (C=O) groups excluding carboxylic acids is 1. The van der Waals surface area contributed by atoms with Gasteiger partial charge in [0.25, 0.3) is 5.56 Å². The minimum absolute atomic E-state index is 0.101. The average Bonchev–Trinajstić information content (AvgIpc) is 3.17. The quantitative estimate of drug-likeness (QED) is 0.304. The fraction of sp³-hybridized carbons (Fsp3) is 0.345. The first-order valence-corrected chi connectivity index (χ1v) is 14.5. The van der Waals surface area contributed by atoms with Gasteiger partial charge in [0.15, 0.2) is 16.3 Å². The van der Waals surface area contributed by atoms with Crippen molar-refractivity contribution in [2.75, 3.05) is 14.2 Å². The molecule has 0 unspecified atom stereocenters. The van der Waals surface area contributed by atoms with Gasteiger partial charge in [-0.1, -0.05) is 38.9 Å². The number of hydrogen-bond acceptors (Lipinski definition) is 8. The van der Waals surface area contributed by atoms with Crippen molar-refractivity contribution in [1.82, 2.24) is 4.57 Å². The largest absolute Gasteiger partial charge is 0.496 e. The van der Waals surface area contributed by atoms with Crippen molar-refractivity contribution >= 4 is 50.9 Å². The Hall–Kier alpha value is -3.08. The summed E-state index contributed by atoms with van der Waals surface area (Å²) in [7, 11) is 3.07. The molecule has 40 heavy (non-hydrogen) atoms. The molecule has 1 atom stereocenters. The summed E-state index contributed by atoms with van der Waals surface area (Å²) >= 11 is 11.3. The van der Waals surface area contributed by atoms with Crippen LogP contribution in [-0.4, -0.2) is 37.0 Å². The number of aromatic nitrogens is 1. The Morgan fingerprint density at radius 3 is 2.42 bits per heavy atom. The highest BCUT2D eigenvalue weighted by atomic mass is 79.9. The highest BCUT2D eigenvalue weighted by Crippen LogP contribution is 2.39. The first kappa shape index (κ1) is 29.9. The average molecular weight is 650 g/mol.